The summed E-state index contributed by atoms with van der Waals surface area (Å²) < 4.78 is 0. The highest BCUT2D eigenvalue weighted by Gasteiger charge is 2.55. The Morgan fingerprint density at radius 1 is 1.31 bits per heavy atom. The molecule has 0 spiro atoms. The van der Waals surface area contributed by atoms with E-state index in [1.165, 1.54) is 5.56 Å². The van der Waals surface area contributed by atoms with E-state index in [2.05, 4.69) is 34.1 Å². The first-order chi connectivity index (χ1) is 14.1. The van der Waals surface area contributed by atoms with Crippen LogP contribution in [0.15, 0.2) is 71.4 Å². The molecule has 1 aromatic rings. The largest absolute Gasteiger partial charge is 0.394 e. The van der Waals surface area contributed by atoms with E-state index in [0.29, 0.717) is 24.3 Å². The molecule has 1 unspecified atom stereocenters. The molecular weight excluding hydrogens is 362 g/mol. The number of aliphatic hydroxyl groups is 1. The van der Waals surface area contributed by atoms with E-state index in [1.54, 1.807) is 24.4 Å². The van der Waals surface area contributed by atoms with Crippen LogP contribution in [0.1, 0.15) is 24.9 Å². The number of amides is 1. The van der Waals surface area contributed by atoms with Crippen molar-refractivity contribution in [3.63, 3.8) is 0 Å². The molecule has 0 radical (unpaired) electrons. The Morgan fingerprint density at radius 3 is 2.69 bits per heavy atom. The monoisotopic (exact) mass is 393 g/mol. The van der Waals surface area contributed by atoms with Gasteiger partial charge in [0.1, 0.15) is 0 Å². The van der Waals surface area contributed by atoms with Gasteiger partial charge in [-0.25, -0.2) is 0 Å². The lowest BCUT2D eigenvalue weighted by Crippen LogP contribution is -2.32. The molecule has 1 aliphatic heterocycles. The predicted octanol–water partition coefficient (Wildman–Crippen LogP) is 3.12. The number of aliphatic hydroxyl groups excluding tert-OH is 1. The van der Waals surface area contributed by atoms with E-state index in [4.69, 9.17) is 0 Å². The normalized spacial score (nSPS) is 25.3. The van der Waals surface area contributed by atoms with Gasteiger partial charge in [-0.1, -0.05) is 48.1 Å². The zero-order valence-electron chi connectivity index (χ0n) is 17.1. The summed E-state index contributed by atoms with van der Waals surface area (Å²) in [5.74, 6) is 2.05. The minimum absolute atomic E-state index is 0.0552. The number of hydrogen-bond acceptors (Lipinski definition) is 4. The van der Waals surface area contributed by atoms with E-state index in [-0.39, 0.29) is 18.6 Å². The first-order valence-electron chi connectivity index (χ1n) is 10.3. The van der Waals surface area contributed by atoms with E-state index in [1.807, 2.05) is 31.2 Å². The molecule has 0 bridgehead atoms. The number of hydrogen-bond donors (Lipinski definition) is 2. The summed E-state index contributed by atoms with van der Waals surface area (Å²) in [4.78, 5) is 18.0. The maximum absolute atomic E-state index is 12.0. The fraction of sp³-hybridized carbons (Fsp3) is 0.417. The topological polar surface area (TPSA) is 64.9 Å². The van der Waals surface area contributed by atoms with Crippen LogP contribution in [0.2, 0.25) is 0 Å². The van der Waals surface area contributed by atoms with Crippen LogP contribution in [0.5, 0.6) is 0 Å². The lowest BCUT2D eigenvalue weighted by molar-refractivity contribution is -0.116. The van der Waals surface area contributed by atoms with Crippen molar-refractivity contribution in [2.75, 3.05) is 26.2 Å². The zero-order valence-corrected chi connectivity index (χ0v) is 17.1. The number of rotatable bonds is 10. The molecule has 0 aromatic heterocycles. The number of aliphatic imine (C=N–C) groups is 1. The third-order valence-electron chi connectivity index (χ3n) is 6.02. The molecular formula is C24H31N3O2. The van der Waals surface area contributed by atoms with E-state index in [0.717, 1.165) is 25.1 Å². The minimum Gasteiger partial charge on any atom is -0.394 e. The van der Waals surface area contributed by atoms with Crippen LogP contribution in [0.4, 0.5) is 0 Å². The summed E-state index contributed by atoms with van der Waals surface area (Å²) >= 11 is 0. The number of nitrogens with one attached hydrogen (secondary N) is 1. The minimum atomic E-state index is -0.0552. The molecule has 1 saturated carbocycles. The van der Waals surface area contributed by atoms with Crippen LogP contribution in [-0.4, -0.2) is 48.9 Å². The molecule has 2 aliphatic rings. The molecule has 1 saturated heterocycles. The summed E-state index contributed by atoms with van der Waals surface area (Å²) in [6, 6.07) is 10.4. The Hall–Kier alpha value is -2.50. The SMILES string of the molecule is C=N\C=C/C=C(C)/C=C/C(=O)NCC[C@@H]1[C@H]2CN(C(CO)c3ccccc3)C[C@@H]12. The number of allylic oxidation sites excluding steroid dienone is 4. The van der Waals surface area contributed by atoms with Gasteiger partial charge in [0.15, 0.2) is 0 Å². The molecule has 1 heterocycles. The van der Waals surface area contributed by atoms with Crippen molar-refractivity contribution in [1.82, 2.24) is 10.2 Å². The van der Waals surface area contributed by atoms with Crippen LogP contribution in [-0.2, 0) is 4.79 Å². The zero-order chi connectivity index (χ0) is 20.6. The summed E-state index contributed by atoms with van der Waals surface area (Å²) in [5, 5.41) is 12.8. The second kappa shape index (κ2) is 10.3. The van der Waals surface area contributed by atoms with E-state index >= 15 is 0 Å². The lowest BCUT2D eigenvalue weighted by atomic mass is 10.1. The molecule has 1 aliphatic carbocycles. The highest BCUT2D eigenvalue weighted by atomic mass is 16.3. The smallest absolute Gasteiger partial charge is 0.243 e. The van der Waals surface area contributed by atoms with Gasteiger partial charge in [-0.05, 0) is 49.5 Å². The van der Waals surface area contributed by atoms with Crippen molar-refractivity contribution in [2.45, 2.75) is 19.4 Å². The number of likely N-dealkylation sites (tertiary alicyclic amines) is 1. The molecule has 154 valence electrons. The second-order valence-corrected chi connectivity index (χ2v) is 7.90. The molecule has 5 heteroatoms. The third kappa shape index (κ3) is 5.75. The van der Waals surface area contributed by atoms with Crippen molar-refractivity contribution < 1.29 is 9.90 Å². The van der Waals surface area contributed by atoms with Gasteiger partial charge in [-0.15, -0.1) is 0 Å². The highest BCUT2D eigenvalue weighted by Crippen LogP contribution is 2.54. The van der Waals surface area contributed by atoms with Crippen LogP contribution < -0.4 is 5.32 Å². The van der Waals surface area contributed by atoms with Crippen molar-refractivity contribution >= 4 is 12.6 Å². The van der Waals surface area contributed by atoms with Crippen LogP contribution in [0.25, 0.3) is 0 Å². The summed E-state index contributed by atoms with van der Waals surface area (Å²) in [5.41, 5.74) is 2.17. The summed E-state index contributed by atoms with van der Waals surface area (Å²) in [6.45, 7) is 8.26. The fourth-order valence-corrected chi connectivity index (χ4v) is 4.41. The highest BCUT2D eigenvalue weighted by molar-refractivity contribution is 5.87. The van der Waals surface area contributed by atoms with Crippen LogP contribution in [0, 0.1) is 17.8 Å². The molecule has 2 N–H and O–H groups in total. The maximum atomic E-state index is 12.0. The average Bonchev–Trinajstić information content (AvgIpc) is 3.17. The van der Waals surface area contributed by atoms with Gasteiger partial charge < -0.3 is 10.4 Å². The van der Waals surface area contributed by atoms with Gasteiger partial charge in [0.05, 0.1) is 12.6 Å². The Kier molecular flexibility index (Phi) is 7.55. The second-order valence-electron chi connectivity index (χ2n) is 7.90. The maximum Gasteiger partial charge on any atom is 0.243 e. The molecule has 5 nitrogen and oxygen atoms in total. The molecule has 2 fully saturated rings. The summed E-state index contributed by atoms with van der Waals surface area (Å²) in [7, 11) is 0. The van der Waals surface area contributed by atoms with Gasteiger partial charge >= 0.3 is 0 Å². The Balaban J connectivity index is 1.37. The molecule has 1 aromatic carbocycles. The molecule has 1 amide bonds. The van der Waals surface area contributed by atoms with Crippen molar-refractivity contribution in [3.05, 3.63) is 72.0 Å². The number of carbonyl (C=O) groups is 1. The van der Waals surface area contributed by atoms with Crippen LogP contribution in [0.3, 0.4) is 0 Å². The van der Waals surface area contributed by atoms with Gasteiger partial charge in [0.25, 0.3) is 0 Å². The van der Waals surface area contributed by atoms with E-state index in [9.17, 15) is 9.90 Å². The van der Waals surface area contributed by atoms with Crippen molar-refractivity contribution in [1.29, 1.82) is 0 Å². The number of benzene rings is 1. The Bertz CT molecular complexity index is 773. The van der Waals surface area contributed by atoms with Crippen LogP contribution >= 0.6 is 0 Å². The van der Waals surface area contributed by atoms with Gasteiger partial charge in [-0.2, -0.15) is 0 Å². The number of carbonyl (C=O) groups excluding carboxylic acids is 1. The first-order valence-corrected chi connectivity index (χ1v) is 10.3. The molecule has 29 heavy (non-hydrogen) atoms. The first kappa shape index (κ1) is 21.2. The third-order valence-corrected chi connectivity index (χ3v) is 6.02. The number of nitrogens with zero attached hydrogens (tertiary/aromatic N) is 2. The summed E-state index contributed by atoms with van der Waals surface area (Å²) in [6.07, 6.45) is 9.67. The Morgan fingerprint density at radius 2 is 2.03 bits per heavy atom. The van der Waals surface area contributed by atoms with Gasteiger partial charge in [-0.3, -0.25) is 14.7 Å². The quantitative estimate of drug-likeness (QED) is 0.365. The van der Waals surface area contributed by atoms with Crippen molar-refractivity contribution in [3.8, 4) is 0 Å². The average molecular weight is 394 g/mol. The fourth-order valence-electron chi connectivity index (χ4n) is 4.41. The molecule has 3 rings (SSSR count). The van der Waals surface area contributed by atoms with E-state index < -0.39 is 0 Å². The van der Waals surface area contributed by atoms with Gasteiger partial charge in [0.2, 0.25) is 5.91 Å². The standard InChI is InChI=1S/C24H31N3O2/c1-18(7-6-13-25-2)10-11-24(29)26-14-12-20-21-15-27(16-22(20)21)23(17-28)19-8-4-3-5-9-19/h3-11,13,20-23,28H,2,12,14-17H2,1H3,(H,26,29)/b11-10+,13-6-,18-7+/t20-,21-,22+,23?. The molecule has 4 atom stereocenters. The lowest BCUT2D eigenvalue weighted by Gasteiger charge is -2.28. The number of fused-ring (bicyclic) bond motifs is 1. The van der Waals surface area contributed by atoms with Gasteiger partial charge in [0, 0.05) is 31.9 Å². The van der Waals surface area contributed by atoms with Crippen molar-refractivity contribution in [2.24, 2.45) is 22.7 Å². The number of piperidine rings is 1. The predicted molar refractivity (Wildman–Crippen MR) is 118 cm³/mol. The Labute approximate surface area is 173 Å².